The number of aliphatic carboxylic acids is 1. The predicted molar refractivity (Wildman–Crippen MR) is 80.5 cm³/mol. The second-order valence-corrected chi connectivity index (χ2v) is 5.25. The Labute approximate surface area is 128 Å². The first-order chi connectivity index (χ1) is 10.5. The molecule has 6 heteroatoms. The highest BCUT2D eigenvalue weighted by molar-refractivity contribution is 5.92. The summed E-state index contributed by atoms with van der Waals surface area (Å²) in [6.45, 7) is 3.74. The lowest BCUT2D eigenvalue weighted by molar-refractivity contribution is -0.137. The quantitative estimate of drug-likeness (QED) is 0.855. The number of hydrogen-bond donors (Lipinski definition) is 2. The van der Waals surface area contributed by atoms with Gasteiger partial charge in [-0.15, -0.1) is 0 Å². The topological polar surface area (TPSA) is 92.4 Å². The highest BCUT2D eigenvalue weighted by Gasteiger charge is 2.16. The number of aromatic nitrogens is 1. The number of nitrogens with zero attached hydrogens (tertiary/aromatic N) is 1. The molecule has 1 atom stereocenters. The van der Waals surface area contributed by atoms with Gasteiger partial charge in [-0.25, -0.2) is 0 Å². The number of hydrogen-bond acceptors (Lipinski definition) is 4. The maximum absolute atomic E-state index is 12.0. The lowest BCUT2D eigenvalue weighted by Gasteiger charge is -2.10. The lowest BCUT2D eigenvalue weighted by Crippen LogP contribution is -2.32. The first-order valence-electron chi connectivity index (χ1n) is 7.02. The summed E-state index contributed by atoms with van der Waals surface area (Å²) in [4.78, 5) is 22.5. The molecule has 0 aliphatic rings. The normalized spacial score (nSPS) is 11.9. The molecule has 2 N–H and O–H groups in total. The fourth-order valence-electron chi connectivity index (χ4n) is 1.95. The first kappa shape index (κ1) is 15.8. The van der Waals surface area contributed by atoms with Gasteiger partial charge in [0.1, 0.15) is 5.69 Å². The third-order valence-electron chi connectivity index (χ3n) is 3.25. The molecule has 0 spiro atoms. The Morgan fingerprint density at radius 1 is 1.32 bits per heavy atom. The van der Waals surface area contributed by atoms with Crippen LogP contribution in [0.15, 0.2) is 34.9 Å². The molecule has 6 nitrogen and oxygen atoms in total. The van der Waals surface area contributed by atoms with Crippen molar-refractivity contribution in [2.75, 3.05) is 0 Å². The van der Waals surface area contributed by atoms with E-state index >= 15 is 0 Å². The Hall–Kier alpha value is -2.63. The summed E-state index contributed by atoms with van der Waals surface area (Å²) in [7, 11) is 0. The van der Waals surface area contributed by atoms with E-state index in [0.29, 0.717) is 12.1 Å². The fraction of sp³-hybridized carbons (Fsp3) is 0.312. The number of rotatable bonds is 6. The van der Waals surface area contributed by atoms with E-state index < -0.39 is 11.9 Å². The Morgan fingerprint density at radius 2 is 2.00 bits per heavy atom. The van der Waals surface area contributed by atoms with Crippen molar-refractivity contribution in [2.24, 2.45) is 0 Å². The molecule has 2 rings (SSSR count). The van der Waals surface area contributed by atoms with Gasteiger partial charge in [-0.1, -0.05) is 35.0 Å². The number of carboxylic acid groups (broad SMARTS) is 1. The van der Waals surface area contributed by atoms with Crippen LogP contribution in [-0.2, 0) is 4.79 Å². The molecule has 0 saturated carbocycles. The summed E-state index contributed by atoms with van der Waals surface area (Å²) in [5, 5.41) is 15.2. The van der Waals surface area contributed by atoms with Crippen molar-refractivity contribution in [2.45, 2.75) is 32.7 Å². The molecule has 2 aromatic rings. The van der Waals surface area contributed by atoms with Crippen LogP contribution in [0.5, 0.6) is 0 Å². The molecule has 0 aliphatic heterocycles. The van der Waals surface area contributed by atoms with Crippen LogP contribution in [0.2, 0.25) is 0 Å². The fourth-order valence-corrected chi connectivity index (χ4v) is 1.95. The third kappa shape index (κ3) is 4.18. The maximum Gasteiger partial charge on any atom is 0.303 e. The van der Waals surface area contributed by atoms with E-state index in [0.717, 1.165) is 11.1 Å². The standard InChI is InChI=1S/C16H18N2O4/c1-10-3-6-12(7-4-10)13-9-14(22-18-13)16(21)17-11(2)5-8-15(19)20/h3-4,6-7,9,11H,5,8H2,1-2H3,(H,17,21)(H,19,20). The van der Waals surface area contributed by atoms with Crippen LogP contribution in [0.1, 0.15) is 35.9 Å². The van der Waals surface area contributed by atoms with Gasteiger partial charge in [0, 0.05) is 24.1 Å². The lowest BCUT2D eigenvalue weighted by atomic mass is 10.1. The van der Waals surface area contributed by atoms with Crippen LogP contribution in [0.4, 0.5) is 0 Å². The predicted octanol–water partition coefficient (Wildman–Crippen LogP) is 2.63. The zero-order chi connectivity index (χ0) is 16.1. The van der Waals surface area contributed by atoms with E-state index in [1.165, 1.54) is 0 Å². The molecule has 0 bridgehead atoms. The smallest absolute Gasteiger partial charge is 0.303 e. The summed E-state index contributed by atoms with van der Waals surface area (Å²) in [6, 6.07) is 9.05. The second kappa shape index (κ2) is 6.89. The summed E-state index contributed by atoms with van der Waals surface area (Å²) >= 11 is 0. The van der Waals surface area contributed by atoms with Gasteiger partial charge in [-0.2, -0.15) is 0 Å². The summed E-state index contributed by atoms with van der Waals surface area (Å²) in [5.74, 6) is -1.18. The van der Waals surface area contributed by atoms with Crippen LogP contribution < -0.4 is 5.32 Å². The van der Waals surface area contributed by atoms with E-state index in [4.69, 9.17) is 9.63 Å². The number of carbonyl (C=O) groups is 2. The van der Waals surface area contributed by atoms with Crippen molar-refractivity contribution < 1.29 is 19.2 Å². The average Bonchev–Trinajstić information content (AvgIpc) is 2.96. The molecule has 116 valence electrons. The minimum atomic E-state index is -0.887. The van der Waals surface area contributed by atoms with E-state index in [-0.39, 0.29) is 18.2 Å². The summed E-state index contributed by atoms with van der Waals surface area (Å²) < 4.78 is 5.06. The number of benzene rings is 1. The molecule has 1 amide bonds. The van der Waals surface area contributed by atoms with Gasteiger partial charge in [0.15, 0.2) is 0 Å². The molecule has 0 fully saturated rings. The highest BCUT2D eigenvalue weighted by Crippen LogP contribution is 2.19. The first-order valence-corrected chi connectivity index (χ1v) is 7.02. The molecule has 0 radical (unpaired) electrons. The number of carbonyl (C=O) groups excluding carboxylic acids is 1. The van der Waals surface area contributed by atoms with Crippen molar-refractivity contribution in [3.05, 3.63) is 41.7 Å². The van der Waals surface area contributed by atoms with Crippen LogP contribution in [0.3, 0.4) is 0 Å². The Kier molecular flexibility index (Phi) is 4.93. The van der Waals surface area contributed by atoms with Gasteiger partial charge in [0.05, 0.1) is 0 Å². The number of aryl methyl sites for hydroxylation is 1. The zero-order valence-electron chi connectivity index (χ0n) is 12.5. The monoisotopic (exact) mass is 302 g/mol. The third-order valence-corrected chi connectivity index (χ3v) is 3.25. The summed E-state index contributed by atoms with van der Waals surface area (Å²) in [6.07, 6.45) is 0.368. The number of carboxylic acids is 1. The zero-order valence-corrected chi connectivity index (χ0v) is 12.5. The largest absolute Gasteiger partial charge is 0.481 e. The van der Waals surface area contributed by atoms with E-state index in [2.05, 4.69) is 10.5 Å². The average molecular weight is 302 g/mol. The van der Waals surface area contributed by atoms with Gasteiger partial charge in [0.25, 0.3) is 5.91 Å². The molecular weight excluding hydrogens is 284 g/mol. The SMILES string of the molecule is Cc1ccc(-c2cc(C(=O)NC(C)CCC(=O)O)on2)cc1. The van der Waals surface area contributed by atoms with Gasteiger partial charge in [0.2, 0.25) is 5.76 Å². The van der Waals surface area contributed by atoms with Crippen LogP contribution >= 0.6 is 0 Å². The van der Waals surface area contributed by atoms with E-state index in [9.17, 15) is 9.59 Å². The Bertz CT molecular complexity index is 661. The highest BCUT2D eigenvalue weighted by atomic mass is 16.5. The van der Waals surface area contributed by atoms with E-state index in [1.807, 2.05) is 31.2 Å². The molecule has 22 heavy (non-hydrogen) atoms. The van der Waals surface area contributed by atoms with Crippen molar-refractivity contribution in [3.63, 3.8) is 0 Å². The van der Waals surface area contributed by atoms with Crippen LogP contribution in [-0.4, -0.2) is 28.2 Å². The van der Waals surface area contributed by atoms with E-state index in [1.54, 1.807) is 13.0 Å². The maximum atomic E-state index is 12.0. The number of nitrogens with one attached hydrogen (secondary N) is 1. The molecule has 1 heterocycles. The van der Waals surface area contributed by atoms with Gasteiger partial charge in [-0.05, 0) is 20.3 Å². The molecule has 0 aliphatic carbocycles. The van der Waals surface area contributed by atoms with Crippen LogP contribution in [0, 0.1) is 6.92 Å². The van der Waals surface area contributed by atoms with Crippen LogP contribution in [0.25, 0.3) is 11.3 Å². The minimum Gasteiger partial charge on any atom is -0.481 e. The van der Waals surface area contributed by atoms with Crippen molar-refractivity contribution in [1.82, 2.24) is 10.5 Å². The van der Waals surface area contributed by atoms with Gasteiger partial charge < -0.3 is 14.9 Å². The number of amides is 1. The Morgan fingerprint density at radius 3 is 2.64 bits per heavy atom. The second-order valence-electron chi connectivity index (χ2n) is 5.25. The minimum absolute atomic E-state index is 0.00642. The molecule has 1 unspecified atom stereocenters. The van der Waals surface area contributed by atoms with Gasteiger partial charge in [-0.3, -0.25) is 9.59 Å². The molecule has 1 aromatic carbocycles. The van der Waals surface area contributed by atoms with Gasteiger partial charge >= 0.3 is 5.97 Å². The van der Waals surface area contributed by atoms with Crippen molar-refractivity contribution in [1.29, 1.82) is 0 Å². The van der Waals surface area contributed by atoms with Crippen molar-refractivity contribution >= 4 is 11.9 Å². The molecule has 1 aromatic heterocycles. The molecular formula is C16H18N2O4. The Balaban J connectivity index is 2.00. The van der Waals surface area contributed by atoms with Crippen molar-refractivity contribution in [3.8, 4) is 11.3 Å². The molecule has 0 saturated heterocycles. The summed E-state index contributed by atoms with van der Waals surface area (Å²) in [5.41, 5.74) is 2.59.